The molecule has 1 saturated heterocycles. The van der Waals surface area contributed by atoms with Crippen LogP contribution in [0.3, 0.4) is 0 Å². The van der Waals surface area contributed by atoms with Gasteiger partial charge in [-0.1, -0.05) is 12.2 Å². The zero-order chi connectivity index (χ0) is 17.2. The number of rotatable bonds is 1. The Bertz CT molecular complexity index is 807. The van der Waals surface area contributed by atoms with Crippen molar-refractivity contribution < 1.29 is 22.8 Å². The predicted octanol–water partition coefficient (Wildman–Crippen LogP) is 2.89. The van der Waals surface area contributed by atoms with E-state index < -0.39 is 41.0 Å². The second kappa shape index (κ2) is 4.69. The molecule has 1 aromatic carbocycles. The average Bonchev–Trinajstić information content (AvgIpc) is 3.20. The largest absolute Gasteiger partial charge is 0.417 e. The number of allylic oxidation sites excluding steroid dienone is 2. The molecule has 2 amide bonds. The third kappa shape index (κ3) is 1.86. The molecule has 24 heavy (non-hydrogen) atoms. The number of fused-ring (bicyclic) bond motifs is 5. The number of carbonyl (C=O) groups excluding carboxylic acids is 2. The number of anilines is 1. The van der Waals surface area contributed by atoms with Crippen LogP contribution in [0.2, 0.25) is 0 Å². The Balaban J connectivity index is 1.77. The van der Waals surface area contributed by atoms with Gasteiger partial charge < -0.3 is 0 Å². The molecule has 0 unspecified atom stereocenters. The van der Waals surface area contributed by atoms with Gasteiger partial charge in [-0.3, -0.25) is 14.5 Å². The topological polar surface area (TPSA) is 61.2 Å². The third-order valence-corrected chi connectivity index (χ3v) is 5.16. The molecule has 4 rings (SSSR count). The molecule has 2 bridgehead atoms. The molecule has 0 radical (unpaired) electrons. The lowest BCUT2D eigenvalue weighted by Crippen LogP contribution is -2.33. The molecular weight excluding hydrogens is 321 g/mol. The summed E-state index contributed by atoms with van der Waals surface area (Å²) in [7, 11) is 0. The van der Waals surface area contributed by atoms with Crippen LogP contribution in [0.25, 0.3) is 0 Å². The molecule has 1 aromatic rings. The van der Waals surface area contributed by atoms with Crippen molar-refractivity contribution in [3.63, 3.8) is 0 Å². The van der Waals surface area contributed by atoms with E-state index >= 15 is 0 Å². The van der Waals surface area contributed by atoms with Crippen molar-refractivity contribution in [3.05, 3.63) is 41.5 Å². The molecule has 1 saturated carbocycles. The zero-order valence-electron chi connectivity index (χ0n) is 12.2. The summed E-state index contributed by atoms with van der Waals surface area (Å²) in [4.78, 5) is 26.1. The highest BCUT2D eigenvalue weighted by molar-refractivity contribution is 6.22. The molecule has 0 N–H and O–H groups in total. The molecule has 4 atom stereocenters. The van der Waals surface area contributed by atoms with E-state index in [-0.39, 0.29) is 17.5 Å². The minimum atomic E-state index is -4.73. The maximum atomic E-state index is 13.1. The SMILES string of the molecule is N#Cc1ccc(N2C(=O)[C@@H]3[C@H](C2=O)[C@@H]2C=C[C@H]3C2)cc1C(F)(F)F. The first kappa shape index (κ1) is 14.9. The zero-order valence-corrected chi connectivity index (χ0v) is 12.2. The minimum absolute atomic E-state index is 0.0121. The monoisotopic (exact) mass is 332 g/mol. The second-order valence-corrected chi connectivity index (χ2v) is 6.35. The van der Waals surface area contributed by atoms with Crippen LogP contribution < -0.4 is 4.90 Å². The Morgan fingerprint density at radius 1 is 1.08 bits per heavy atom. The highest BCUT2D eigenvalue weighted by Crippen LogP contribution is 2.53. The fraction of sp³-hybridized carbons (Fsp3) is 0.353. The average molecular weight is 332 g/mol. The number of imide groups is 1. The van der Waals surface area contributed by atoms with Gasteiger partial charge in [0.1, 0.15) is 0 Å². The van der Waals surface area contributed by atoms with Gasteiger partial charge in [0, 0.05) is 0 Å². The number of hydrogen-bond acceptors (Lipinski definition) is 3. The summed E-state index contributed by atoms with van der Waals surface area (Å²) in [5.41, 5.74) is -1.79. The summed E-state index contributed by atoms with van der Waals surface area (Å²) in [6, 6.07) is 4.42. The van der Waals surface area contributed by atoms with Gasteiger partial charge in [-0.15, -0.1) is 0 Å². The number of amides is 2. The number of hydrogen-bond donors (Lipinski definition) is 0. The van der Waals surface area contributed by atoms with Gasteiger partial charge in [0.15, 0.2) is 0 Å². The molecule has 2 aliphatic carbocycles. The van der Waals surface area contributed by atoms with Gasteiger partial charge in [0.05, 0.1) is 34.7 Å². The van der Waals surface area contributed by atoms with Crippen LogP contribution in [0.15, 0.2) is 30.4 Å². The van der Waals surface area contributed by atoms with E-state index in [1.165, 1.54) is 12.1 Å². The molecule has 1 aliphatic heterocycles. The normalized spacial score (nSPS) is 30.8. The first-order valence-electron chi connectivity index (χ1n) is 7.50. The molecule has 0 aromatic heterocycles. The van der Waals surface area contributed by atoms with E-state index in [9.17, 15) is 22.8 Å². The predicted molar refractivity (Wildman–Crippen MR) is 76.4 cm³/mol. The molecule has 4 nitrogen and oxygen atoms in total. The van der Waals surface area contributed by atoms with E-state index in [2.05, 4.69) is 0 Å². The number of nitrogens with zero attached hydrogens (tertiary/aromatic N) is 2. The van der Waals surface area contributed by atoms with Gasteiger partial charge in [-0.05, 0) is 36.5 Å². The summed E-state index contributed by atoms with van der Waals surface area (Å²) in [5, 5.41) is 8.85. The first-order chi connectivity index (χ1) is 11.3. The second-order valence-electron chi connectivity index (χ2n) is 6.35. The lowest BCUT2D eigenvalue weighted by Gasteiger charge is -2.19. The summed E-state index contributed by atoms with van der Waals surface area (Å²) in [5.74, 6) is -1.86. The van der Waals surface area contributed by atoms with E-state index in [0.29, 0.717) is 6.07 Å². The third-order valence-electron chi connectivity index (χ3n) is 5.16. The number of carbonyl (C=O) groups is 2. The van der Waals surface area contributed by atoms with Crippen LogP contribution in [0, 0.1) is 35.0 Å². The van der Waals surface area contributed by atoms with Crippen LogP contribution in [-0.2, 0) is 15.8 Å². The van der Waals surface area contributed by atoms with Crippen molar-refractivity contribution >= 4 is 17.5 Å². The van der Waals surface area contributed by atoms with Crippen molar-refractivity contribution in [1.29, 1.82) is 5.26 Å². The lowest BCUT2D eigenvalue weighted by atomic mass is 9.85. The molecule has 2 fully saturated rings. The van der Waals surface area contributed by atoms with Gasteiger partial charge in [-0.25, -0.2) is 0 Å². The van der Waals surface area contributed by atoms with Crippen molar-refractivity contribution in [1.82, 2.24) is 0 Å². The van der Waals surface area contributed by atoms with E-state index in [1.807, 2.05) is 12.2 Å². The van der Waals surface area contributed by atoms with Crippen molar-refractivity contribution in [2.75, 3.05) is 4.90 Å². The molecule has 122 valence electrons. The standard InChI is InChI=1S/C17H11F3N2O2/c18-17(19,20)12-6-11(4-3-10(12)7-21)22-15(23)13-8-1-2-9(5-8)14(13)16(22)24/h1-4,6,8-9,13-14H,5H2/t8-,9+,13-,14+. The Morgan fingerprint density at radius 3 is 2.17 bits per heavy atom. The van der Waals surface area contributed by atoms with E-state index in [4.69, 9.17) is 5.26 Å². The maximum absolute atomic E-state index is 13.1. The molecule has 3 aliphatic rings. The molecule has 7 heteroatoms. The fourth-order valence-electron chi connectivity index (χ4n) is 4.16. The summed E-state index contributed by atoms with van der Waals surface area (Å²) < 4.78 is 39.3. The van der Waals surface area contributed by atoms with Crippen molar-refractivity contribution in [2.24, 2.45) is 23.7 Å². The number of alkyl halides is 3. The Morgan fingerprint density at radius 2 is 1.67 bits per heavy atom. The first-order valence-corrected chi connectivity index (χ1v) is 7.50. The Kier molecular flexibility index (Phi) is 2.92. The lowest BCUT2D eigenvalue weighted by molar-refractivity contribution is -0.138. The van der Waals surface area contributed by atoms with Crippen LogP contribution in [-0.4, -0.2) is 11.8 Å². The number of benzene rings is 1. The smallest absolute Gasteiger partial charge is 0.274 e. The molecular formula is C17H11F3N2O2. The summed E-state index contributed by atoms with van der Waals surface area (Å²) in [6.45, 7) is 0. The van der Waals surface area contributed by atoms with Gasteiger partial charge in [-0.2, -0.15) is 18.4 Å². The number of nitriles is 1. The van der Waals surface area contributed by atoms with Crippen molar-refractivity contribution in [2.45, 2.75) is 12.6 Å². The quantitative estimate of drug-likeness (QED) is 0.587. The summed E-state index contributed by atoms with van der Waals surface area (Å²) in [6.07, 6.45) is -0.147. The van der Waals surface area contributed by atoms with Gasteiger partial charge in [0.25, 0.3) is 0 Å². The van der Waals surface area contributed by atoms with E-state index in [0.717, 1.165) is 17.4 Å². The van der Waals surface area contributed by atoms with Gasteiger partial charge >= 0.3 is 6.18 Å². The Labute approximate surface area is 135 Å². The van der Waals surface area contributed by atoms with Crippen molar-refractivity contribution in [3.8, 4) is 6.07 Å². The highest BCUT2D eigenvalue weighted by atomic mass is 19.4. The highest BCUT2D eigenvalue weighted by Gasteiger charge is 2.59. The van der Waals surface area contributed by atoms with Crippen LogP contribution in [0.1, 0.15) is 17.5 Å². The molecule has 1 heterocycles. The van der Waals surface area contributed by atoms with Crippen LogP contribution in [0.4, 0.5) is 18.9 Å². The number of halogens is 3. The summed E-state index contributed by atoms with van der Waals surface area (Å²) >= 11 is 0. The maximum Gasteiger partial charge on any atom is 0.417 e. The Hall–Kier alpha value is -2.62. The van der Waals surface area contributed by atoms with Crippen LogP contribution in [0.5, 0.6) is 0 Å². The van der Waals surface area contributed by atoms with Crippen LogP contribution >= 0.6 is 0 Å². The van der Waals surface area contributed by atoms with E-state index in [1.54, 1.807) is 0 Å². The van der Waals surface area contributed by atoms with Gasteiger partial charge in [0.2, 0.25) is 11.8 Å². The fourth-order valence-corrected chi connectivity index (χ4v) is 4.16. The molecule has 0 spiro atoms. The minimum Gasteiger partial charge on any atom is -0.274 e.